The van der Waals surface area contributed by atoms with E-state index in [0.717, 1.165) is 0 Å². The lowest BCUT2D eigenvalue weighted by Gasteiger charge is -2.12. The number of para-hydroxylation sites is 1. The lowest BCUT2D eigenvalue weighted by molar-refractivity contribution is -0.0504. The Morgan fingerprint density at radius 1 is 1.15 bits per heavy atom. The van der Waals surface area contributed by atoms with Crippen molar-refractivity contribution < 1.29 is 26.7 Å². The summed E-state index contributed by atoms with van der Waals surface area (Å²) in [5.41, 5.74) is 0.508. The number of hydrogen-bond acceptors (Lipinski definition) is 4. The molecule has 1 amide bonds. The summed E-state index contributed by atoms with van der Waals surface area (Å²) < 4.78 is 55.6. The van der Waals surface area contributed by atoms with Gasteiger partial charge in [0.2, 0.25) is 10.0 Å². The van der Waals surface area contributed by atoms with Crippen LogP contribution in [0.15, 0.2) is 53.4 Å². The monoisotopic (exact) mass is 384 g/mol. The van der Waals surface area contributed by atoms with Gasteiger partial charge in [0, 0.05) is 24.2 Å². The van der Waals surface area contributed by atoms with Crippen LogP contribution in [0.3, 0.4) is 0 Å². The third-order valence-electron chi connectivity index (χ3n) is 3.37. The number of rotatable bonds is 8. The molecular weight excluding hydrogens is 366 g/mol. The van der Waals surface area contributed by atoms with Gasteiger partial charge in [-0.05, 0) is 24.3 Å². The van der Waals surface area contributed by atoms with E-state index in [1.165, 1.54) is 36.4 Å². The van der Waals surface area contributed by atoms with Crippen LogP contribution in [-0.4, -0.2) is 27.5 Å². The Balaban J connectivity index is 2.12. The van der Waals surface area contributed by atoms with Crippen LogP contribution in [0.5, 0.6) is 5.75 Å². The number of alkyl halides is 2. The molecule has 0 unspecified atom stereocenters. The van der Waals surface area contributed by atoms with Crippen molar-refractivity contribution in [2.24, 2.45) is 0 Å². The summed E-state index contributed by atoms with van der Waals surface area (Å²) >= 11 is 0. The zero-order valence-electron chi connectivity index (χ0n) is 13.9. The quantitative estimate of drug-likeness (QED) is 0.733. The third-order valence-corrected chi connectivity index (χ3v) is 4.91. The first kappa shape index (κ1) is 19.8. The van der Waals surface area contributed by atoms with Crippen molar-refractivity contribution in [1.29, 1.82) is 0 Å². The van der Waals surface area contributed by atoms with E-state index in [0.29, 0.717) is 5.56 Å². The van der Waals surface area contributed by atoms with Gasteiger partial charge < -0.3 is 10.1 Å². The van der Waals surface area contributed by atoms with Crippen molar-refractivity contribution in [2.45, 2.75) is 25.0 Å². The highest BCUT2D eigenvalue weighted by atomic mass is 32.2. The normalized spacial score (nSPS) is 11.4. The molecule has 0 atom stereocenters. The number of amides is 1. The molecule has 6 nitrogen and oxygen atoms in total. The number of benzene rings is 2. The van der Waals surface area contributed by atoms with Crippen LogP contribution in [0.1, 0.15) is 22.8 Å². The molecule has 2 aromatic carbocycles. The maximum atomic E-state index is 12.4. The highest BCUT2D eigenvalue weighted by Gasteiger charge is 2.16. The molecule has 0 saturated heterocycles. The zero-order chi connectivity index (χ0) is 19.2. The summed E-state index contributed by atoms with van der Waals surface area (Å²) in [5, 5.41) is 2.56. The predicted molar refractivity (Wildman–Crippen MR) is 91.5 cm³/mol. The van der Waals surface area contributed by atoms with E-state index < -0.39 is 22.5 Å². The van der Waals surface area contributed by atoms with E-state index >= 15 is 0 Å². The molecule has 9 heteroatoms. The van der Waals surface area contributed by atoms with Gasteiger partial charge in [-0.1, -0.05) is 31.2 Å². The second kappa shape index (κ2) is 8.72. The van der Waals surface area contributed by atoms with Crippen molar-refractivity contribution in [3.63, 3.8) is 0 Å². The van der Waals surface area contributed by atoms with E-state index in [9.17, 15) is 22.0 Å². The molecule has 2 aromatic rings. The summed E-state index contributed by atoms with van der Waals surface area (Å²) in [6.07, 6.45) is 0. The van der Waals surface area contributed by atoms with Gasteiger partial charge in [-0.15, -0.1) is 0 Å². The fourth-order valence-corrected chi connectivity index (χ4v) is 3.30. The molecular formula is C17H18F2N2O4S. The third kappa shape index (κ3) is 5.24. The fraction of sp³-hybridized carbons (Fsp3) is 0.235. The number of sulfonamides is 1. The van der Waals surface area contributed by atoms with Gasteiger partial charge in [0.05, 0.1) is 4.90 Å². The Labute approximate surface area is 150 Å². The maximum absolute atomic E-state index is 12.4. The minimum Gasteiger partial charge on any atom is -0.434 e. The van der Waals surface area contributed by atoms with E-state index in [4.69, 9.17) is 0 Å². The highest BCUT2D eigenvalue weighted by Crippen LogP contribution is 2.20. The Morgan fingerprint density at radius 2 is 1.88 bits per heavy atom. The number of carbonyl (C=O) groups is 1. The molecule has 0 bridgehead atoms. The smallest absolute Gasteiger partial charge is 0.387 e. The first-order valence-corrected chi connectivity index (χ1v) is 9.22. The van der Waals surface area contributed by atoms with Gasteiger partial charge >= 0.3 is 6.61 Å². The molecule has 26 heavy (non-hydrogen) atoms. The molecule has 0 saturated carbocycles. The summed E-state index contributed by atoms with van der Waals surface area (Å²) in [4.78, 5) is 12.2. The van der Waals surface area contributed by atoms with Gasteiger partial charge in [0.15, 0.2) is 0 Å². The molecule has 2 N–H and O–H groups in total. The van der Waals surface area contributed by atoms with Crippen molar-refractivity contribution in [3.05, 3.63) is 59.7 Å². The number of ether oxygens (including phenoxy) is 1. The topological polar surface area (TPSA) is 84.5 Å². The second-order valence-corrected chi connectivity index (χ2v) is 6.97. The van der Waals surface area contributed by atoms with Crippen LogP contribution in [-0.2, 0) is 16.6 Å². The molecule has 140 valence electrons. The van der Waals surface area contributed by atoms with Crippen LogP contribution in [0, 0.1) is 0 Å². The van der Waals surface area contributed by atoms with Gasteiger partial charge in [-0.3, -0.25) is 4.79 Å². The molecule has 0 fully saturated rings. The van der Waals surface area contributed by atoms with Crippen LogP contribution < -0.4 is 14.8 Å². The largest absolute Gasteiger partial charge is 0.434 e. The number of hydrogen-bond donors (Lipinski definition) is 2. The van der Waals surface area contributed by atoms with Crippen LogP contribution in [0.2, 0.25) is 0 Å². The Hall–Kier alpha value is -2.52. The molecule has 0 aliphatic rings. The molecule has 0 heterocycles. The van der Waals surface area contributed by atoms with Crippen molar-refractivity contribution in [3.8, 4) is 5.75 Å². The van der Waals surface area contributed by atoms with Crippen LogP contribution >= 0.6 is 0 Å². The molecule has 0 spiro atoms. The minimum absolute atomic E-state index is 0.0339. The van der Waals surface area contributed by atoms with Gasteiger partial charge in [0.25, 0.3) is 5.91 Å². The molecule has 0 aromatic heterocycles. The molecule has 2 rings (SSSR count). The number of halogens is 2. The lowest BCUT2D eigenvalue weighted by atomic mass is 10.1. The molecule has 0 aliphatic heterocycles. The van der Waals surface area contributed by atoms with E-state index in [-0.39, 0.29) is 29.3 Å². The zero-order valence-corrected chi connectivity index (χ0v) is 14.7. The fourth-order valence-electron chi connectivity index (χ4n) is 2.22. The summed E-state index contributed by atoms with van der Waals surface area (Å²) in [5.74, 6) is -0.573. The van der Waals surface area contributed by atoms with Gasteiger partial charge in [0.1, 0.15) is 5.75 Å². The van der Waals surface area contributed by atoms with Crippen LogP contribution in [0.4, 0.5) is 8.78 Å². The van der Waals surface area contributed by atoms with E-state index in [1.807, 2.05) is 0 Å². The average Bonchev–Trinajstić information content (AvgIpc) is 2.60. The van der Waals surface area contributed by atoms with Crippen molar-refractivity contribution >= 4 is 15.9 Å². The van der Waals surface area contributed by atoms with Crippen LogP contribution in [0.25, 0.3) is 0 Å². The maximum Gasteiger partial charge on any atom is 0.387 e. The summed E-state index contributed by atoms with van der Waals surface area (Å²) in [6.45, 7) is -1.15. The highest BCUT2D eigenvalue weighted by molar-refractivity contribution is 7.89. The second-order valence-electron chi connectivity index (χ2n) is 5.20. The lowest BCUT2D eigenvalue weighted by Crippen LogP contribution is -2.25. The Kier molecular flexibility index (Phi) is 6.64. The standard InChI is InChI=1S/C17H18F2N2O4S/c1-2-21-26(23,24)14-8-5-7-12(10-14)16(22)20-11-13-6-3-4-9-15(13)25-17(18)19/h3-10,17,21H,2,11H2,1H3,(H,20,22). The first-order chi connectivity index (χ1) is 12.3. The SMILES string of the molecule is CCNS(=O)(=O)c1cccc(C(=O)NCc2ccccc2OC(F)F)c1. The van der Waals surface area contributed by atoms with Gasteiger partial charge in [-0.2, -0.15) is 8.78 Å². The van der Waals surface area contributed by atoms with Crippen molar-refractivity contribution in [1.82, 2.24) is 10.0 Å². The van der Waals surface area contributed by atoms with E-state index in [1.54, 1.807) is 19.1 Å². The summed E-state index contributed by atoms with van der Waals surface area (Å²) in [6, 6.07) is 11.6. The molecule has 0 radical (unpaired) electrons. The first-order valence-electron chi connectivity index (χ1n) is 7.74. The Bertz CT molecular complexity index is 873. The van der Waals surface area contributed by atoms with Crippen molar-refractivity contribution in [2.75, 3.05) is 6.54 Å². The predicted octanol–water partition coefficient (Wildman–Crippen LogP) is 2.52. The molecule has 0 aliphatic carbocycles. The number of nitrogens with one attached hydrogen (secondary N) is 2. The average molecular weight is 384 g/mol. The summed E-state index contributed by atoms with van der Waals surface area (Å²) in [7, 11) is -3.69. The van der Waals surface area contributed by atoms with E-state index in [2.05, 4.69) is 14.8 Å². The van der Waals surface area contributed by atoms with Gasteiger partial charge in [-0.25, -0.2) is 13.1 Å². The number of carbonyl (C=O) groups excluding carboxylic acids is 1. The minimum atomic E-state index is -3.69. The Morgan fingerprint density at radius 3 is 2.58 bits per heavy atom.